The molecular formula is C25H30Cl2F2O2STi. The van der Waals surface area contributed by atoms with Crippen molar-refractivity contribution in [2.24, 2.45) is 0 Å². The molecule has 3 rings (SSSR count). The van der Waals surface area contributed by atoms with E-state index in [-0.39, 0.29) is 47.3 Å². The maximum atomic E-state index is 14.3. The van der Waals surface area contributed by atoms with Crippen LogP contribution in [-0.4, -0.2) is 4.31 Å². The molecule has 180 valence electrons. The summed E-state index contributed by atoms with van der Waals surface area (Å²) in [6, 6.07) is 13.6. The van der Waals surface area contributed by atoms with Gasteiger partial charge in [-0.3, -0.25) is 0 Å². The van der Waals surface area contributed by atoms with Crippen molar-refractivity contribution in [3.8, 4) is 11.5 Å². The Kier molecular flexibility index (Phi) is 10.8. The average Bonchev–Trinajstić information content (AvgIpc) is 3.16. The molecule has 2 nitrogen and oxygen atoms in total. The fourth-order valence-electron chi connectivity index (χ4n) is 3.09. The second-order valence-corrected chi connectivity index (χ2v) is 12.5. The molecular weight excluding hydrogens is 521 g/mol. The Bertz CT molecular complexity index is 1020. The molecule has 8 heteroatoms. The number of halogens is 4. The first-order valence-electron chi connectivity index (χ1n) is 10.1. The van der Waals surface area contributed by atoms with Crippen LogP contribution in [0.5, 0.6) is 11.5 Å². The van der Waals surface area contributed by atoms with Crippen LogP contribution in [0.15, 0.2) is 53.9 Å². The smallest absolute Gasteiger partial charge is 0.147 e. The van der Waals surface area contributed by atoms with E-state index in [4.69, 9.17) is 6.64 Å². The number of thiophene rings is 1. The predicted octanol–water partition coefficient (Wildman–Crippen LogP) is 8.22. The normalized spacial score (nSPS) is 11.2. The van der Waals surface area contributed by atoms with Gasteiger partial charge >= 0.3 is 195 Å². The first-order valence-corrected chi connectivity index (χ1v) is 13.2. The van der Waals surface area contributed by atoms with Crippen molar-refractivity contribution in [1.29, 1.82) is 0 Å². The van der Waals surface area contributed by atoms with Crippen LogP contribution in [0.1, 0.15) is 57.5 Å². The van der Waals surface area contributed by atoms with Gasteiger partial charge in [0.1, 0.15) is 0 Å². The summed E-state index contributed by atoms with van der Waals surface area (Å²) in [6.07, 6.45) is 0. The van der Waals surface area contributed by atoms with Gasteiger partial charge in [0.25, 0.3) is 0 Å². The molecule has 0 spiro atoms. The molecule has 0 fully saturated rings. The fraction of sp³-hybridized carbons (Fsp3) is 0.320. The Morgan fingerprint density at radius 3 is 1.58 bits per heavy atom. The first-order chi connectivity index (χ1) is 14.4. The van der Waals surface area contributed by atoms with E-state index in [9.17, 15) is 8.78 Å². The molecule has 0 saturated carbocycles. The molecule has 0 radical (unpaired) electrons. The summed E-state index contributed by atoms with van der Waals surface area (Å²) in [7, 11) is 0. The summed E-state index contributed by atoms with van der Waals surface area (Å²) in [5, 5.41) is 1.99. The van der Waals surface area contributed by atoms with Gasteiger partial charge in [-0.05, 0) is 0 Å². The third-order valence-corrected chi connectivity index (χ3v) is 8.10. The molecule has 3 aromatic rings. The van der Waals surface area contributed by atoms with Gasteiger partial charge in [-0.15, -0.1) is 24.8 Å². The molecule has 0 saturated heterocycles. The van der Waals surface area contributed by atoms with E-state index in [2.05, 4.69) is 0 Å². The third kappa shape index (κ3) is 8.19. The van der Waals surface area contributed by atoms with Crippen molar-refractivity contribution in [2.75, 3.05) is 0 Å². The Labute approximate surface area is 218 Å². The maximum absolute atomic E-state index is 14.3. The SMILES string of the molecule is CC(C)(C)c1cc([O][Ti](=[CH]c2cccs2)[O]c2ccc(F)c(C(C)(C)C)c2)ccc1F.Cl.Cl. The molecule has 1 aromatic heterocycles. The molecule has 0 amide bonds. The van der Waals surface area contributed by atoms with E-state index >= 15 is 0 Å². The average molecular weight is 551 g/mol. The van der Waals surface area contributed by atoms with Gasteiger partial charge in [-0.25, -0.2) is 0 Å². The second-order valence-electron chi connectivity index (χ2n) is 9.47. The number of benzene rings is 2. The van der Waals surface area contributed by atoms with Crippen LogP contribution in [0.2, 0.25) is 0 Å². The standard InChI is InChI=1S/2C10H13FO.C5H4S.2ClH.Ti/c2*1-10(2,3)8-6-7(12)4-5-9(8)11;1-5-3-2-4-6-5;;;/h2*4-6,12H,1-3H3;1-4H;2*1H;/q;;;;;+2/p-2. The van der Waals surface area contributed by atoms with Crippen molar-refractivity contribution < 1.29 is 33.6 Å². The predicted molar refractivity (Wildman–Crippen MR) is 135 cm³/mol. The zero-order valence-electron chi connectivity index (χ0n) is 19.6. The van der Waals surface area contributed by atoms with Crippen LogP contribution < -0.4 is 6.64 Å². The van der Waals surface area contributed by atoms with E-state index < -0.39 is 18.2 Å². The second kappa shape index (κ2) is 11.9. The minimum Gasteiger partial charge on any atom is -0.147 e. The molecule has 0 atom stereocenters. The van der Waals surface area contributed by atoms with Gasteiger partial charge in [0.15, 0.2) is 0 Å². The maximum Gasteiger partial charge on any atom is -0.147 e. The number of hydrogen-bond acceptors (Lipinski definition) is 3. The summed E-state index contributed by atoms with van der Waals surface area (Å²) in [6.45, 7) is 11.8. The van der Waals surface area contributed by atoms with Gasteiger partial charge < -0.3 is 0 Å². The van der Waals surface area contributed by atoms with Crippen LogP contribution in [0.4, 0.5) is 8.78 Å². The van der Waals surface area contributed by atoms with E-state index in [0.717, 1.165) is 4.88 Å². The van der Waals surface area contributed by atoms with Crippen molar-refractivity contribution in [3.63, 3.8) is 0 Å². The van der Waals surface area contributed by atoms with Crippen molar-refractivity contribution in [2.45, 2.75) is 52.4 Å². The molecule has 0 unspecified atom stereocenters. The van der Waals surface area contributed by atoms with Crippen LogP contribution in [-0.2, 0) is 29.0 Å². The van der Waals surface area contributed by atoms with Gasteiger partial charge in [-0.2, -0.15) is 0 Å². The van der Waals surface area contributed by atoms with Crippen LogP contribution in [0, 0.1) is 11.6 Å². The molecule has 0 bridgehead atoms. The summed E-state index contributed by atoms with van der Waals surface area (Å²) < 4.78 is 43.2. The minimum atomic E-state index is -2.75. The zero-order valence-corrected chi connectivity index (χ0v) is 23.6. The molecule has 0 aliphatic rings. The Balaban J connectivity index is 0.00000272. The quantitative estimate of drug-likeness (QED) is 0.298. The Morgan fingerprint density at radius 2 is 1.21 bits per heavy atom. The minimum absolute atomic E-state index is 0. The largest absolute Gasteiger partial charge is 0.147 e. The number of hydrogen-bond donors (Lipinski definition) is 0. The van der Waals surface area contributed by atoms with E-state index in [1.807, 2.05) is 63.4 Å². The number of rotatable bonds is 5. The topological polar surface area (TPSA) is 18.5 Å². The molecule has 0 N–H and O–H groups in total. The van der Waals surface area contributed by atoms with Crippen LogP contribution in [0.3, 0.4) is 0 Å². The summed E-state index contributed by atoms with van der Waals surface area (Å²) in [4.78, 5) is 1.05. The van der Waals surface area contributed by atoms with E-state index in [0.29, 0.717) is 22.6 Å². The monoisotopic (exact) mass is 550 g/mol. The van der Waals surface area contributed by atoms with E-state index in [1.165, 1.54) is 12.1 Å². The van der Waals surface area contributed by atoms with Crippen LogP contribution in [0.25, 0.3) is 0 Å². The molecule has 2 aromatic carbocycles. The molecule has 0 aliphatic heterocycles. The zero-order chi connectivity index (χ0) is 22.8. The molecule has 1 heterocycles. The Hall–Kier alpha value is -1.24. The summed E-state index contributed by atoms with van der Waals surface area (Å²) >= 11 is -1.15. The van der Waals surface area contributed by atoms with Gasteiger partial charge in [-0.1, -0.05) is 0 Å². The summed E-state index contributed by atoms with van der Waals surface area (Å²) in [5.41, 5.74) is 0.493. The fourth-order valence-corrected chi connectivity index (χ4v) is 6.23. The Morgan fingerprint density at radius 1 is 0.758 bits per heavy atom. The van der Waals surface area contributed by atoms with Crippen LogP contribution >= 0.6 is 36.2 Å². The molecule has 0 aliphatic carbocycles. The van der Waals surface area contributed by atoms with Gasteiger partial charge in [0, 0.05) is 0 Å². The van der Waals surface area contributed by atoms with Gasteiger partial charge in [0.2, 0.25) is 0 Å². The van der Waals surface area contributed by atoms with Crippen molar-refractivity contribution >= 4 is 40.5 Å². The van der Waals surface area contributed by atoms with E-state index in [1.54, 1.807) is 35.6 Å². The third-order valence-electron chi connectivity index (χ3n) is 4.73. The van der Waals surface area contributed by atoms with Crippen molar-refractivity contribution in [1.82, 2.24) is 0 Å². The van der Waals surface area contributed by atoms with Gasteiger partial charge in [0.05, 0.1) is 0 Å². The summed E-state index contributed by atoms with van der Waals surface area (Å²) in [5.74, 6) is 0.649. The van der Waals surface area contributed by atoms with Crippen molar-refractivity contribution in [3.05, 3.63) is 81.5 Å². The molecule has 33 heavy (non-hydrogen) atoms. The first kappa shape index (κ1) is 29.8.